The van der Waals surface area contributed by atoms with Crippen molar-refractivity contribution in [1.29, 1.82) is 0 Å². The van der Waals surface area contributed by atoms with Gasteiger partial charge in [-0.05, 0) is 55.8 Å². The van der Waals surface area contributed by atoms with Crippen LogP contribution in [0.3, 0.4) is 0 Å². The second-order valence-electron chi connectivity index (χ2n) is 6.46. The van der Waals surface area contributed by atoms with E-state index >= 15 is 0 Å². The van der Waals surface area contributed by atoms with Gasteiger partial charge in [0.1, 0.15) is 0 Å². The van der Waals surface area contributed by atoms with Crippen molar-refractivity contribution >= 4 is 5.69 Å². The summed E-state index contributed by atoms with van der Waals surface area (Å²) < 4.78 is 0. The molecule has 0 aliphatic carbocycles. The molecule has 1 fully saturated rings. The molecule has 3 atom stereocenters. The third kappa shape index (κ3) is 3.76. The second-order valence-corrected chi connectivity index (χ2v) is 6.46. The quantitative estimate of drug-likeness (QED) is 0.864. The summed E-state index contributed by atoms with van der Waals surface area (Å²) >= 11 is 0. The zero-order valence-electron chi connectivity index (χ0n) is 13.5. The first-order chi connectivity index (χ1) is 9.61. The monoisotopic (exact) mass is 274 g/mol. The summed E-state index contributed by atoms with van der Waals surface area (Å²) in [7, 11) is 0. The lowest BCUT2D eigenvalue weighted by Gasteiger charge is -2.37. The fourth-order valence-corrected chi connectivity index (χ4v) is 2.95. The second kappa shape index (κ2) is 7.12. The Kier molecular flexibility index (Phi) is 5.47. The number of nitrogens with zero attached hydrogens (tertiary/aromatic N) is 1. The van der Waals surface area contributed by atoms with E-state index in [9.17, 15) is 0 Å². The van der Waals surface area contributed by atoms with Gasteiger partial charge < -0.3 is 10.2 Å². The molecule has 2 nitrogen and oxygen atoms in total. The minimum absolute atomic E-state index is 0.448. The Hall–Kier alpha value is -1.02. The van der Waals surface area contributed by atoms with Crippen molar-refractivity contribution < 1.29 is 0 Å². The highest BCUT2D eigenvalue weighted by atomic mass is 15.1. The third-order valence-electron chi connectivity index (χ3n) is 4.79. The topological polar surface area (TPSA) is 15.3 Å². The maximum absolute atomic E-state index is 3.55. The molecule has 2 heteroatoms. The Balaban J connectivity index is 1.97. The summed E-state index contributed by atoms with van der Waals surface area (Å²) in [5.74, 6) is 1.66. The number of piperidine rings is 1. The van der Waals surface area contributed by atoms with Gasteiger partial charge in [-0.15, -0.1) is 0 Å². The van der Waals surface area contributed by atoms with Crippen LogP contribution < -0.4 is 10.2 Å². The smallest absolute Gasteiger partial charge is 0.0366 e. The van der Waals surface area contributed by atoms with Gasteiger partial charge in [0.05, 0.1) is 0 Å². The van der Waals surface area contributed by atoms with Crippen molar-refractivity contribution in [2.45, 2.75) is 46.6 Å². The number of hydrogen-bond acceptors (Lipinski definition) is 2. The van der Waals surface area contributed by atoms with Crippen molar-refractivity contribution in [3.8, 4) is 0 Å². The van der Waals surface area contributed by atoms with Crippen LogP contribution in [-0.4, -0.2) is 19.6 Å². The predicted molar refractivity (Wildman–Crippen MR) is 88.3 cm³/mol. The van der Waals surface area contributed by atoms with Crippen LogP contribution in [0.15, 0.2) is 24.3 Å². The standard InChI is InChI=1S/C18H30N2/c1-5-11-19-16(4)17-6-8-18(9-7-17)20-12-10-14(2)15(3)13-20/h6-9,14-16,19H,5,10-13H2,1-4H3. The summed E-state index contributed by atoms with van der Waals surface area (Å²) in [5.41, 5.74) is 2.77. The predicted octanol–water partition coefficient (Wildman–Crippen LogP) is 4.23. The summed E-state index contributed by atoms with van der Waals surface area (Å²) in [4.78, 5) is 2.54. The van der Waals surface area contributed by atoms with Crippen molar-refractivity contribution in [2.24, 2.45) is 11.8 Å². The van der Waals surface area contributed by atoms with E-state index in [1.165, 1.54) is 37.2 Å². The molecule has 0 amide bonds. The van der Waals surface area contributed by atoms with Gasteiger partial charge in [-0.25, -0.2) is 0 Å². The normalized spacial score (nSPS) is 24.7. The van der Waals surface area contributed by atoms with Crippen LogP contribution in [-0.2, 0) is 0 Å². The van der Waals surface area contributed by atoms with Gasteiger partial charge in [0.25, 0.3) is 0 Å². The van der Waals surface area contributed by atoms with E-state index in [0.717, 1.165) is 18.4 Å². The first-order valence-electron chi connectivity index (χ1n) is 8.20. The summed E-state index contributed by atoms with van der Waals surface area (Å²) in [6, 6.07) is 9.60. The van der Waals surface area contributed by atoms with Crippen molar-refractivity contribution in [1.82, 2.24) is 5.32 Å². The average molecular weight is 274 g/mol. The third-order valence-corrected chi connectivity index (χ3v) is 4.79. The molecular weight excluding hydrogens is 244 g/mol. The highest BCUT2D eigenvalue weighted by Crippen LogP contribution is 2.27. The Morgan fingerprint density at radius 2 is 1.90 bits per heavy atom. The van der Waals surface area contributed by atoms with Gasteiger partial charge in [-0.1, -0.05) is 32.9 Å². The number of nitrogens with one attached hydrogen (secondary N) is 1. The number of hydrogen-bond donors (Lipinski definition) is 1. The van der Waals surface area contributed by atoms with Crippen molar-refractivity contribution in [3.63, 3.8) is 0 Å². The Labute approximate surface area is 124 Å². The van der Waals surface area contributed by atoms with E-state index in [-0.39, 0.29) is 0 Å². The highest BCUT2D eigenvalue weighted by molar-refractivity contribution is 5.48. The molecular formula is C18H30N2. The fraction of sp³-hybridized carbons (Fsp3) is 0.667. The van der Waals surface area contributed by atoms with Crippen LogP contribution >= 0.6 is 0 Å². The van der Waals surface area contributed by atoms with Gasteiger partial charge in [0.2, 0.25) is 0 Å². The van der Waals surface area contributed by atoms with Gasteiger partial charge in [-0.3, -0.25) is 0 Å². The number of rotatable bonds is 5. The van der Waals surface area contributed by atoms with Gasteiger partial charge >= 0.3 is 0 Å². The van der Waals surface area contributed by atoms with Crippen molar-refractivity contribution in [3.05, 3.63) is 29.8 Å². The molecule has 0 aromatic heterocycles. The molecule has 0 saturated carbocycles. The lowest BCUT2D eigenvalue weighted by molar-refractivity contribution is 0.324. The molecule has 1 N–H and O–H groups in total. The van der Waals surface area contributed by atoms with Gasteiger partial charge in [0, 0.05) is 24.8 Å². The molecule has 0 spiro atoms. The maximum Gasteiger partial charge on any atom is 0.0366 e. The zero-order valence-corrected chi connectivity index (χ0v) is 13.5. The van der Waals surface area contributed by atoms with Crippen LogP contribution in [0, 0.1) is 11.8 Å². The molecule has 1 heterocycles. The molecule has 0 radical (unpaired) electrons. The largest absolute Gasteiger partial charge is 0.371 e. The highest BCUT2D eigenvalue weighted by Gasteiger charge is 2.22. The Bertz CT molecular complexity index is 398. The average Bonchev–Trinajstić information content (AvgIpc) is 2.48. The molecule has 1 aromatic carbocycles. The van der Waals surface area contributed by atoms with Crippen LogP contribution in [0.4, 0.5) is 5.69 Å². The van der Waals surface area contributed by atoms with Crippen LogP contribution in [0.5, 0.6) is 0 Å². The maximum atomic E-state index is 3.55. The lowest BCUT2D eigenvalue weighted by Crippen LogP contribution is -2.38. The van der Waals surface area contributed by atoms with E-state index in [4.69, 9.17) is 0 Å². The Morgan fingerprint density at radius 1 is 1.20 bits per heavy atom. The molecule has 20 heavy (non-hydrogen) atoms. The molecule has 1 aliphatic heterocycles. The van der Waals surface area contributed by atoms with Crippen LogP contribution in [0.2, 0.25) is 0 Å². The SMILES string of the molecule is CCCNC(C)c1ccc(N2CCC(C)C(C)C2)cc1. The molecule has 0 bridgehead atoms. The van der Waals surface area contributed by atoms with E-state index in [0.29, 0.717) is 6.04 Å². The molecule has 2 rings (SSSR count). The van der Waals surface area contributed by atoms with E-state index in [1.807, 2.05) is 0 Å². The zero-order chi connectivity index (χ0) is 14.5. The van der Waals surface area contributed by atoms with E-state index in [2.05, 4.69) is 62.2 Å². The van der Waals surface area contributed by atoms with E-state index < -0.39 is 0 Å². The van der Waals surface area contributed by atoms with Gasteiger partial charge in [-0.2, -0.15) is 0 Å². The minimum Gasteiger partial charge on any atom is -0.371 e. The Morgan fingerprint density at radius 3 is 2.50 bits per heavy atom. The molecule has 1 aliphatic rings. The van der Waals surface area contributed by atoms with Gasteiger partial charge in [0.15, 0.2) is 0 Å². The molecule has 112 valence electrons. The molecule has 1 aromatic rings. The molecule has 1 saturated heterocycles. The summed E-state index contributed by atoms with van der Waals surface area (Å²) in [5, 5.41) is 3.55. The fourth-order valence-electron chi connectivity index (χ4n) is 2.95. The summed E-state index contributed by atoms with van der Waals surface area (Å²) in [6.07, 6.45) is 2.50. The first-order valence-corrected chi connectivity index (χ1v) is 8.20. The lowest BCUT2D eigenvalue weighted by atomic mass is 9.88. The molecule has 3 unspecified atom stereocenters. The number of benzene rings is 1. The minimum atomic E-state index is 0.448. The van der Waals surface area contributed by atoms with E-state index in [1.54, 1.807) is 0 Å². The van der Waals surface area contributed by atoms with Crippen molar-refractivity contribution in [2.75, 3.05) is 24.5 Å². The van der Waals surface area contributed by atoms with Crippen LogP contribution in [0.25, 0.3) is 0 Å². The first kappa shape index (κ1) is 15.4. The number of anilines is 1. The summed E-state index contributed by atoms with van der Waals surface area (Å²) in [6.45, 7) is 12.7. The van der Waals surface area contributed by atoms with Crippen LogP contribution in [0.1, 0.15) is 52.1 Å².